The van der Waals surface area contributed by atoms with Gasteiger partial charge in [-0.2, -0.15) is 0 Å². The van der Waals surface area contributed by atoms with E-state index in [0.29, 0.717) is 17.9 Å². The van der Waals surface area contributed by atoms with E-state index in [2.05, 4.69) is 15.6 Å². The molecule has 0 aliphatic rings. The van der Waals surface area contributed by atoms with Crippen LogP contribution in [0.1, 0.15) is 76.6 Å². The van der Waals surface area contributed by atoms with Gasteiger partial charge in [0.2, 0.25) is 0 Å². The van der Waals surface area contributed by atoms with Crippen LogP contribution in [0.15, 0.2) is 115 Å². The lowest BCUT2D eigenvalue weighted by molar-refractivity contribution is -0.177. The number of benzene rings is 4. The fraction of sp³-hybridized carbons (Fsp3) is 0.431. The first kappa shape index (κ1) is 59.2. The van der Waals surface area contributed by atoms with Gasteiger partial charge in [-0.3, -0.25) is 14.4 Å². The van der Waals surface area contributed by atoms with E-state index < -0.39 is 96.0 Å². The molecule has 1 heterocycles. The van der Waals surface area contributed by atoms with Crippen LogP contribution >= 0.6 is 0 Å². The second-order valence-corrected chi connectivity index (χ2v) is 19.7. The normalized spacial score (nSPS) is 13.7. The highest BCUT2D eigenvalue weighted by Gasteiger charge is 2.42. The van der Waals surface area contributed by atoms with Gasteiger partial charge in [-0.05, 0) is 84.5 Å². The van der Waals surface area contributed by atoms with Crippen molar-refractivity contribution in [2.75, 3.05) is 27.7 Å². The van der Waals surface area contributed by atoms with Crippen molar-refractivity contribution in [1.82, 2.24) is 25.4 Å². The predicted octanol–water partition coefficient (Wildman–Crippen LogP) is 7.27. The fourth-order valence-electron chi connectivity index (χ4n) is 8.51. The van der Waals surface area contributed by atoms with E-state index in [1.807, 2.05) is 97.1 Å². The van der Waals surface area contributed by atoms with Crippen LogP contribution < -0.4 is 15.4 Å². The highest BCUT2D eigenvalue weighted by Crippen LogP contribution is 2.25. The van der Waals surface area contributed by atoms with Gasteiger partial charge in [0.15, 0.2) is 18.3 Å². The largest absolute Gasteiger partial charge is 0.489 e. The van der Waals surface area contributed by atoms with E-state index in [-0.39, 0.29) is 38.8 Å². The molecule has 0 fully saturated rings. The number of aliphatic carboxylic acids is 1. The van der Waals surface area contributed by atoms with Gasteiger partial charge in [-0.15, -0.1) is 0 Å². The smallest absolute Gasteiger partial charge is 0.407 e. The molecule has 0 aliphatic heterocycles. The minimum absolute atomic E-state index is 0.0224. The van der Waals surface area contributed by atoms with Crippen LogP contribution in [0.5, 0.6) is 5.75 Å². The van der Waals surface area contributed by atoms with E-state index in [1.54, 1.807) is 66.9 Å². The van der Waals surface area contributed by atoms with Crippen molar-refractivity contribution in [1.29, 1.82) is 0 Å². The average molecular weight is 1050 g/mol. The Morgan fingerprint density at radius 2 is 1.18 bits per heavy atom. The zero-order chi connectivity index (χ0) is 55.5. The molecular weight excluding hydrogens is 975 g/mol. The summed E-state index contributed by atoms with van der Waals surface area (Å²) in [6, 6.07) is 30.0. The zero-order valence-corrected chi connectivity index (χ0v) is 44.9. The summed E-state index contributed by atoms with van der Waals surface area (Å²) in [4.78, 5) is 102. The molecule has 0 saturated heterocycles. The second kappa shape index (κ2) is 28.8. The first-order valence-corrected chi connectivity index (χ1v) is 25.6. The topological polar surface area (TPSA) is 232 Å². The number of rotatable bonds is 28. The zero-order valence-electron chi connectivity index (χ0n) is 44.9. The van der Waals surface area contributed by atoms with Gasteiger partial charge < -0.3 is 54.2 Å². The number of carboxylic acid groups (broad SMARTS) is 1. The summed E-state index contributed by atoms with van der Waals surface area (Å²) < 4.78 is 28.7. The van der Waals surface area contributed by atoms with E-state index in [4.69, 9.17) is 23.7 Å². The molecule has 408 valence electrons. The minimum Gasteiger partial charge on any atom is -0.489 e. The quantitative estimate of drug-likeness (QED) is 0.0219. The number of aromatic nitrogens is 1. The van der Waals surface area contributed by atoms with Crippen molar-refractivity contribution < 1.29 is 62.4 Å². The minimum atomic E-state index is -1.65. The van der Waals surface area contributed by atoms with E-state index in [0.717, 1.165) is 32.5 Å². The number of nitrogens with zero attached hydrogens (tertiary/aromatic N) is 2. The first-order valence-electron chi connectivity index (χ1n) is 25.6. The molecule has 5 rings (SSSR count). The first-order chi connectivity index (χ1) is 36.3. The summed E-state index contributed by atoms with van der Waals surface area (Å²) in [6.07, 6.45) is -3.40. The molecule has 4 N–H and O–H groups in total. The number of amides is 3. The van der Waals surface area contributed by atoms with Crippen LogP contribution in [0.4, 0.5) is 4.79 Å². The van der Waals surface area contributed by atoms with E-state index in [1.165, 1.54) is 19.0 Å². The van der Waals surface area contributed by atoms with Crippen LogP contribution in [0.2, 0.25) is 0 Å². The molecule has 18 heteroatoms. The van der Waals surface area contributed by atoms with Crippen molar-refractivity contribution in [3.63, 3.8) is 0 Å². The van der Waals surface area contributed by atoms with Gasteiger partial charge in [0, 0.05) is 44.2 Å². The average Bonchev–Trinajstić information content (AvgIpc) is 3.82. The maximum absolute atomic E-state index is 14.6. The molecule has 5 aromatic rings. The third-order valence-electron chi connectivity index (χ3n) is 12.9. The van der Waals surface area contributed by atoms with Gasteiger partial charge in [0.25, 0.3) is 11.8 Å². The number of alkyl carbamates (subject to hydrolysis) is 1. The SMILES string of the molecule is CN[C@@H](Cc1ccc(OCc2ccccc2)cc1)C(=O)O[C@H](C(=O)N(C)[C@H](C(=O)O[C@H](C(=O)N(C)[C@H](Cc1c[nH]c2ccccc12)C(=O)O[C@@H](CCCNC(=O)OCc1ccccc1)C(=O)O)C(C)C)C(C)C)C(C)C. The van der Waals surface area contributed by atoms with Crippen molar-refractivity contribution in [2.24, 2.45) is 17.8 Å². The molecule has 0 bridgehead atoms. The molecule has 0 aliphatic carbocycles. The second-order valence-electron chi connectivity index (χ2n) is 19.7. The molecule has 0 spiro atoms. The Hall–Kier alpha value is -7.73. The van der Waals surface area contributed by atoms with Gasteiger partial charge in [-0.1, -0.05) is 133 Å². The summed E-state index contributed by atoms with van der Waals surface area (Å²) in [5.74, 6) is -6.55. The lowest BCUT2D eigenvalue weighted by atomic mass is 9.99. The number of hydrogen-bond acceptors (Lipinski definition) is 13. The highest BCUT2D eigenvalue weighted by molar-refractivity contribution is 5.93. The van der Waals surface area contributed by atoms with Gasteiger partial charge in [0.1, 0.15) is 37.1 Å². The number of hydrogen-bond donors (Lipinski definition) is 4. The van der Waals surface area contributed by atoms with Gasteiger partial charge in [0.05, 0.1) is 0 Å². The lowest BCUT2D eigenvalue weighted by Crippen LogP contribution is -2.55. The summed E-state index contributed by atoms with van der Waals surface area (Å²) in [5, 5.41) is 16.5. The number of aromatic amines is 1. The number of carboxylic acids is 1. The molecule has 0 saturated carbocycles. The Balaban J connectivity index is 1.26. The molecule has 1 aromatic heterocycles. The van der Waals surface area contributed by atoms with Crippen LogP contribution in [-0.4, -0.2) is 126 Å². The van der Waals surface area contributed by atoms with Crippen LogP contribution in [-0.2, 0) is 73.8 Å². The van der Waals surface area contributed by atoms with E-state index >= 15 is 0 Å². The molecule has 0 radical (unpaired) electrons. The number of fused-ring (bicyclic) bond motifs is 1. The fourth-order valence-corrected chi connectivity index (χ4v) is 8.51. The third-order valence-corrected chi connectivity index (χ3v) is 12.9. The van der Waals surface area contributed by atoms with Gasteiger partial charge >= 0.3 is 30.0 Å². The summed E-state index contributed by atoms with van der Waals surface area (Å²) in [5.41, 5.74) is 4.02. The number of esters is 3. The van der Waals surface area contributed by atoms with E-state index in [9.17, 15) is 38.7 Å². The number of carbonyl (C=O) groups is 7. The number of carbonyl (C=O) groups excluding carboxylic acids is 6. The van der Waals surface area contributed by atoms with Crippen molar-refractivity contribution in [2.45, 2.75) is 117 Å². The monoisotopic (exact) mass is 1050 g/mol. The Kier molecular flexibility index (Phi) is 22.4. The number of ether oxygens (including phenoxy) is 5. The maximum Gasteiger partial charge on any atom is 0.407 e. The molecule has 0 unspecified atom stereocenters. The van der Waals surface area contributed by atoms with Crippen LogP contribution in [0, 0.1) is 17.8 Å². The Bertz CT molecular complexity index is 2690. The molecule has 4 aromatic carbocycles. The lowest BCUT2D eigenvalue weighted by Gasteiger charge is -2.36. The van der Waals surface area contributed by atoms with Crippen LogP contribution in [0.3, 0.4) is 0 Å². The number of H-pyrrole nitrogens is 1. The van der Waals surface area contributed by atoms with Crippen molar-refractivity contribution in [3.8, 4) is 5.75 Å². The van der Waals surface area contributed by atoms with Gasteiger partial charge in [-0.25, -0.2) is 19.2 Å². The Morgan fingerprint density at radius 1 is 0.618 bits per heavy atom. The third kappa shape index (κ3) is 16.9. The summed E-state index contributed by atoms with van der Waals surface area (Å²) in [7, 11) is 4.37. The predicted molar refractivity (Wildman–Crippen MR) is 285 cm³/mol. The number of para-hydroxylation sites is 1. The van der Waals surface area contributed by atoms with Crippen molar-refractivity contribution >= 4 is 52.7 Å². The molecular formula is C58H73N5O13. The summed E-state index contributed by atoms with van der Waals surface area (Å²) >= 11 is 0. The van der Waals surface area contributed by atoms with Crippen LogP contribution in [0.25, 0.3) is 10.9 Å². The van der Waals surface area contributed by atoms with Crippen molar-refractivity contribution in [3.05, 3.63) is 138 Å². The molecule has 18 nitrogen and oxygen atoms in total. The summed E-state index contributed by atoms with van der Waals surface area (Å²) in [6.45, 7) is 10.6. The highest BCUT2D eigenvalue weighted by atomic mass is 16.6. The maximum atomic E-state index is 14.6. The number of likely N-dealkylation sites (N-methyl/N-ethyl adjacent to an activating group) is 3. The number of nitrogens with one attached hydrogen (secondary N) is 3. The molecule has 3 amide bonds. The Labute approximate surface area is 444 Å². The Morgan fingerprint density at radius 3 is 1.76 bits per heavy atom. The molecule has 6 atom stereocenters. The molecule has 76 heavy (non-hydrogen) atoms. The standard InChI is InChI=1S/C58H73N5O13/c1-36(2)49(63(9)53(65)51(38(5)6)75-55(68)46(59-7)31-39-26-28-43(29-27-39)72-34-40-19-12-10-13-20-40)57(70)76-50(37(3)4)52(64)62(8)47(32-42-33-61-45-24-17-16-23-44(42)45)56(69)74-48(54(66)67)25-18-30-60-58(71)73-35-41-21-14-11-15-22-41/h10-17,19-24,26-29,33,36-38,46-51,59,61H,18,25,30-32,34-35H2,1-9H3,(H,60,71)(H,66,67)/t46-,47+,48-,49-,50-,51-/m0/s1.